The van der Waals surface area contributed by atoms with Gasteiger partial charge in [-0.25, -0.2) is 4.98 Å². The molecule has 0 radical (unpaired) electrons. The van der Waals surface area contributed by atoms with E-state index in [2.05, 4.69) is 18.0 Å². The molecule has 0 saturated carbocycles. The summed E-state index contributed by atoms with van der Waals surface area (Å²) >= 11 is 0. The van der Waals surface area contributed by atoms with Gasteiger partial charge in [-0.3, -0.25) is 9.59 Å². The molecule has 1 aromatic heterocycles. The molecule has 0 spiro atoms. The standard InChI is InChI=1S/C17H23N3O3/c1-11-3-5-12(6-4-11)16(21)20-8-13(14(9-20)17(22)23)15-7-18-10-19(15)2/h3,7,10,12-14H,4-6,8-9H2,1-2H3,(H,22,23)/t12-,13-,14-/m0/s1. The predicted octanol–water partition coefficient (Wildman–Crippen LogP) is 1.79. The Hall–Kier alpha value is -2.11. The Labute approximate surface area is 135 Å². The zero-order valence-corrected chi connectivity index (χ0v) is 13.6. The third-order valence-electron chi connectivity index (χ3n) is 5.17. The molecule has 1 amide bonds. The van der Waals surface area contributed by atoms with Crippen molar-refractivity contribution in [3.05, 3.63) is 29.9 Å². The highest BCUT2D eigenvalue weighted by Crippen LogP contribution is 2.35. The molecule has 2 heterocycles. The number of likely N-dealkylation sites (tertiary alicyclic amines) is 1. The number of carboxylic acid groups (broad SMARTS) is 1. The number of rotatable bonds is 3. The van der Waals surface area contributed by atoms with E-state index >= 15 is 0 Å². The third-order valence-corrected chi connectivity index (χ3v) is 5.17. The van der Waals surface area contributed by atoms with Crippen LogP contribution >= 0.6 is 0 Å². The minimum atomic E-state index is -0.842. The van der Waals surface area contributed by atoms with E-state index < -0.39 is 11.9 Å². The molecule has 23 heavy (non-hydrogen) atoms. The van der Waals surface area contributed by atoms with Crippen LogP contribution in [-0.4, -0.2) is 44.5 Å². The number of amides is 1. The van der Waals surface area contributed by atoms with Crippen LogP contribution in [0.1, 0.15) is 37.8 Å². The summed E-state index contributed by atoms with van der Waals surface area (Å²) in [6.07, 6.45) is 8.11. The van der Waals surface area contributed by atoms with Crippen molar-refractivity contribution in [1.29, 1.82) is 0 Å². The summed E-state index contributed by atoms with van der Waals surface area (Å²) in [5, 5.41) is 9.54. The molecule has 1 N–H and O–H groups in total. The molecule has 1 aromatic rings. The van der Waals surface area contributed by atoms with Crippen LogP contribution in [0.3, 0.4) is 0 Å². The number of carbonyl (C=O) groups excluding carboxylic acids is 1. The van der Waals surface area contributed by atoms with Crippen LogP contribution in [0.25, 0.3) is 0 Å². The van der Waals surface area contributed by atoms with Crippen molar-refractivity contribution < 1.29 is 14.7 Å². The van der Waals surface area contributed by atoms with Crippen molar-refractivity contribution in [3.8, 4) is 0 Å². The van der Waals surface area contributed by atoms with Crippen molar-refractivity contribution in [2.45, 2.75) is 32.1 Å². The molecular weight excluding hydrogens is 294 g/mol. The highest BCUT2D eigenvalue weighted by molar-refractivity contribution is 5.81. The fraction of sp³-hybridized carbons (Fsp3) is 0.588. The van der Waals surface area contributed by atoms with Crippen molar-refractivity contribution in [2.75, 3.05) is 13.1 Å². The van der Waals surface area contributed by atoms with Gasteiger partial charge < -0.3 is 14.6 Å². The van der Waals surface area contributed by atoms with Gasteiger partial charge in [0.2, 0.25) is 5.91 Å². The predicted molar refractivity (Wildman–Crippen MR) is 84.8 cm³/mol. The summed E-state index contributed by atoms with van der Waals surface area (Å²) in [7, 11) is 1.86. The number of aryl methyl sites for hydroxylation is 1. The molecule has 1 aliphatic carbocycles. The van der Waals surface area contributed by atoms with Gasteiger partial charge in [0.1, 0.15) is 0 Å². The van der Waals surface area contributed by atoms with Crippen molar-refractivity contribution in [3.63, 3.8) is 0 Å². The van der Waals surface area contributed by atoms with Gasteiger partial charge in [0.05, 0.1) is 12.2 Å². The van der Waals surface area contributed by atoms with Crippen LogP contribution in [0, 0.1) is 11.8 Å². The highest BCUT2D eigenvalue weighted by Gasteiger charge is 2.42. The zero-order valence-electron chi connectivity index (χ0n) is 13.6. The maximum absolute atomic E-state index is 12.8. The topological polar surface area (TPSA) is 75.4 Å². The van der Waals surface area contributed by atoms with Gasteiger partial charge in [0.25, 0.3) is 0 Å². The first-order valence-corrected chi connectivity index (χ1v) is 8.10. The second-order valence-electron chi connectivity index (χ2n) is 6.75. The largest absolute Gasteiger partial charge is 0.481 e. The number of carbonyl (C=O) groups is 2. The lowest BCUT2D eigenvalue weighted by molar-refractivity contribution is -0.142. The quantitative estimate of drug-likeness (QED) is 0.863. The van der Waals surface area contributed by atoms with E-state index in [9.17, 15) is 14.7 Å². The van der Waals surface area contributed by atoms with Crippen molar-refractivity contribution >= 4 is 11.9 Å². The average molecular weight is 317 g/mol. The van der Waals surface area contributed by atoms with Crippen molar-refractivity contribution in [1.82, 2.24) is 14.5 Å². The molecule has 0 unspecified atom stereocenters. The van der Waals surface area contributed by atoms with Crippen LogP contribution in [-0.2, 0) is 16.6 Å². The summed E-state index contributed by atoms with van der Waals surface area (Å²) in [5.74, 6) is -1.49. The maximum Gasteiger partial charge on any atom is 0.309 e. The molecule has 2 aliphatic rings. The second kappa shape index (κ2) is 6.18. The molecular formula is C17H23N3O3. The van der Waals surface area contributed by atoms with E-state index in [1.54, 1.807) is 17.4 Å². The molecule has 1 saturated heterocycles. The fourth-order valence-corrected chi connectivity index (χ4v) is 3.71. The van der Waals surface area contributed by atoms with Crippen LogP contribution in [0.5, 0.6) is 0 Å². The normalized spacial score (nSPS) is 27.8. The number of hydrogen-bond donors (Lipinski definition) is 1. The summed E-state index contributed by atoms with van der Waals surface area (Å²) in [4.78, 5) is 30.2. The molecule has 1 aliphatic heterocycles. The van der Waals surface area contributed by atoms with E-state index in [4.69, 9.17) is 0 Å². The third kappa shape index (κ3) is 3.02. The number of imidazole rings is 1. The molecule has 124 valence electrons. The van der Waals surface area contributed by atoms with Crippen LogP contribution < -0.4 is 0 Å². The summed E-state index contributed by atoms with van der Waals surface area (Å²) in [6.45, 7) is 2.85. The first-order chi connectivity index (χ1) is 11.0. The van der Waals surface area contributed by atoms with Crippen LogP contribution in [0.4, 0.5) is 0 Å². The molecule has 0 aromatic carbocycles. The van der Waals surface area contributed by atoms with Gasteiger partial charge in [-0.2, -0.15) is 0 Å². The van der Waals surface area contributed by atoms with Gasteiger partial charge >= 0.3 is 5.97 Å². The minimum Gasteiger partial charge on any atom is -0.481 e. The van der Waals surface area contributed by atoms with E-state index in [1.807, 2.05) is 11.6 Å². The van der Waals surface area contributed by atoms with Gasteiger partial charge in [-0.1, -0.05) is 11.6 Å². The second-order valence-corrected chi connectivity index (χ2v) is 6.75. The lowest BCUT2D eigenvalue weighted by Gasteiger charge is -2.25. The average Bonchev–Trinajstić information content (AvgIpc) is 3.13. The first kappa shape index (κ1) is 15.8. The number of hydrogen-bond acceptors (Lipinski definition) is 3. The Balaban J connectivity index is 1.76. The molecule has 3 atom stereocenters. The Kier molecular flexibility index (Phi) is 4.24. The van der Waals surface area contributed by atoms with E-state index in [1.165, 1.54) is 5.57 Å². The fourth-order valence-electron chi connectivity index (χ4n) is 3.71. The number of nitrogens with zero attached hydrogens (tertiary/aromatic N) is 3. The maximum atomic E-state index is 12.8. The molecule has 3 rings (SSSR count). The Morgan fingerprint density at radius 1 is 1.35 bits per heavy atom. The Bertz CT molecular complexity index is 649. The smallest absolute Gasteiger partial charge is 0.309 e. The molecule has 1 fully saturated rings. The molecule has 0 bridgehead atoms. The Morgan fingerprint density at radius 3 is 2.70 bits per heavy atom. The van der Waals surface area contributed by atoms with Gasteiger partial charge in [0, 0.05) is 43.9 Å². The number of carboxylic acids is 1. The summed E-state index contributed by atoms with van der Waals surface area (Å²) in [6, 6.07) is 0. The highest BCUT2D eigenvalue weighted by atomic mass is 16.4. The van der Waals surface area contributed by atoms with Crippen LogP contribution in [0.2, 0.25) is 0 Å². The zero-order chi connectivity index (χ0) is 16.6. The number of aromatic nitrogens is 2. The van der Waals surface area contributed by atoms with Crippen molar-refractivity contribution in [2.24, 2.45) is 18.9 Å². The van der Waals surface area contributed by atoms with Gasteiger partial charge in [0.15, 0.2) is 0 Å². The van der Waals surface area contributed by atoms with E-state index in [0.717, 1.165) is 25.0 Å². The lowest BCUT2D eigenvalue weighted by atomic mass is 9.89. The van der Waals surface area contributed by atoms with E-state index in [-0.39, 0.29) is 17.7 Å². The van der Waals surface area contributed by atoms with Crippen LogP contribution in [0.15, 0.2) is 24.2 Å². The first-order valence-electron chi connectivity index (χ1n) is 8.10. The monoisotopic (exact) mass is 317 g/mol. The summed E-state index contributed by atoms with van der Waals surface area (Å²) < 4.78 is 1.85. The molecule has 6 heteroatoms. The van der Waals surface area contributed by atoms with Gasteiger partial charge in [-0.15, -0.1) is 0 Å². The lowest BCUT2D eigenvalue weighted by Crippen LogP contribution is -2.35. The number of allylic oxidation sites excluding steroid dienone is 2. The minimum absolute atomic E-state index is 0.00145. The Morgan fingerprint density at radius 2 is 2.13 bits per heavy atom. The SMILES string of the molecule is CC1=CC[C@H](C(=O)N2C[C@H](C(=O)O)[C@@H](c3cncn3C)C2)CC1. The number of aliphatic carboxylic acids is 1. The summed E-state index contributed by atoms with van der Waals surface area (Å²) in [5.41, 5.74) is 2.22. The van der Waals surface area contributed by atoms with E-state index in [0.29, 0.717) is 13.1 Å². The van der Waals surface area contributed by atoms with Gasteiger partial charge in [-0.05, 0) is 26.2 Å². The molecule has 6 nitrogen and oxygen atoms in total.